The summed E-state index contributed by atoms with van der Waals surface area (Å²) in [6.07, 6.45) is 2.15. The van der Waals surface area contributed by atoms with E-state index in [-0.39, 0.29) is 6.04 Å². The number of phenols is 1. The van der Waals surface area contributed by atoms with Gasteiger partial charge in [0.1, 0.15) is 5.75 Å². The molecule has 0 unspecified atom stereocenters. The second-order valence-corrected chi connectivity index (χ2v) is 5.23. The summed E-state index contributed by atoms with van der Waals surface area (Å²) in [6, 6.07) is 5.61. The van der Waals surface area contributed by atoms with Crippen LogP contribution in [0.3, 0.4) is 0 Å². The largest absolute Gasteiger partial charge is 0.508 e. The van der Waals surface area contributed by atoms with Crippen molar-refractivity contribution in [1.29, 1.82) is 0 Å². The zero-order valence-corrected chi connectivity index (χ0v) is 11.6. The third kappa shape index (κ3) is 3.16. The Bertz CT molecular complexity index is 391. The number of halogens is 1. The number of piperazine rings is 1. The van der Waals surface area contributed by atoms with E-state index in [0.29, 0.717) is 10.8 Å². The molecule has 1 aromatic rings. The Kier molecular flexibility index (Phi) is 4.87. The maximum Gasteiger partial charge on any atom is 0.120 e. The summed E-state index contributed by atoms with van der Waals surface area (Å²) in [7, 11) is 0. The zero-order valence-electron chi connectivity index (χ0n) is 10.8. The van der Waals surface area contributed by atoms with Crippen LogP contribution in [0, 0.1) is 0 Å². The molecule has 3 nitrogen and oxygen atoms in total. The maximum absolute atomic E-state index is 10.1. The van der Waals surface area contributed by atoms with Gasteiger partial charge in [-0.25, -0.2) is 0 Å². The van der Waals surface area contributed by atoms with E-state index in [0.717, 1.165) is 44.6 Å². The van der Waals surface area contributed by atoms with Gasteiger partial charge in [-0.15, -0.1) is 0 Å². The van der Waals surface area contributed by atoms with Gasteiger partial charge in [-0.1, -0.05) is 24.9 Å². The van der Waals surface area contributed by atoms with Gasteiger partial charge in [0.05, 0.1) is 0 Å². The lowest BCUT2D eigenvalue weighted by atomic mass is 9.99. The minimum atomic E-state index is 0.274. The van der Waals surface area contributed by atoms with Crippen LogP contribution in [0.5, 0.6) is 5.75 Å². The van der Waals surface area contributed by atoms with Crippen molar-refractivity contribution in [2.45, 2.75) is 25.8 Å². The topological polar surface area (TPSA) is 35.5 Å². The van der Waals surface area contributed by atoms with Crippen LogP contribution >= 0.6 is 11.6 Å². The van der Waals surface area contributed by atoms with E-state index in [1.165, 1.54) is 0 Å². The second-order valence-electron chi connectivity index (χ2n) is 4.79. The highest BCUT2D eigenvalue weighted by molar-refractivity contribution is 6.30. The second kappa shape index (κ2) is 6.41. The van der Waals surface area contributed by atoms with Crippen LogP contribution in [0.2, 0.25) is 5.02 Å². The van der Waals surface area contributed by atoms with Crippen LogP contribution in [-0.2, 0) is 0 Å². The Morgan fingerprint density at radius 1 is 1.39 bits per heavy atom. The first-order valence-electron chi connectivity index (χ1n) is 6.65. The van der Waals surface area contributed by atoms with Gasteiger partial charge in [-0.3, -0.25) is 4.90 Å². The predicted octanol–water partition coefficient (Wildman–Crippen LogP) is 2.79. The monoisotopic (exact) mass is 268 g/mol. The number of hydrogen-bond donors (Lipinski definition) is 2. The van der Waals surface area contributed by atoms with Gasteiger partial charge in [-0.2, -0.15) is 0 Å². The van der Waals surface area contributed by atoms with E-state index in [4.69, 9.17) is 11.6 Å². The molecule has 18 heavy (non-hydrogen) atoms. The molecular formula is C14H21ClN2O. The molecule has 100 valence electrons. The Hall–Kier alpha value is -0.770. The summed E-state index contributed by atoms with van der Waals surface area (Å²) in [6.45, 7) is 6.26. The fourth-order valence-electron chi connectivity index (χ4n) is 2.59. The summed E-state index contributed by atoms with van der Waals surface area (Å²) in [4.78, 5) is 2.44. The Morgan fingerprint density at radius 3 is 2.78 bits per heavy atom. The SMILES string of the molecule is CCC[C@@H](c1cc(Cl)ccc1O)N1CCNCC1. The van der Waals surface area contributed by atoms with Gasteiger partial charge in [0.2, 0.25) is 0 Å². The van der Waals surface area contributed by atoms with E-state index >= 15 is 0 Å². The summed E-state index contributed by atoms with van der Waals surface area (Å²) in [5.41, 5.74) is 0.964. The van der Waals surface area contributed by atoms with Crippen molar-refractivity contribution in [3.63, 3.8) is 0 Å². The van der Waals surface area contributed by atoms with E-state index in [2.05, 4.69) is 17.1 Å². The highest BCUT2D eigenvalue weighted by atomic mass is 35.5. The number of nitrogens with zero attached hydrogens (tertiary/aromatic N) is 1. The molecule has 1 heterocycles. The van der Waals surface area contributed by atoms with E-state index < -0.39 is 0 Å². The first kappa shape index (κ1) is 13.7. The molecular weight excluding hydrogens is 248 g/mol. The lowest BCUT2D eigenvalue weighted by Gasteiger charge is -2.35. The molecule has 1 fully saturated rings. The standard InChI is InChI=1S/C14H21ClN2O/c1-2-3-13(17-8-6-16-7-9-17)12-10-11(15)4-5-14(12)18/h4-5,10,13,16,18H,2-3,6-9H2,1H3/t13-/m0/s1. The fourth-order valence-corrected chi connectivity index (χ4v) is 2.77. The molecule has 2 rings (SSSR count). The predicted molar refractivity (Wildman–Crippen MR) is 75.2 cm³/mol. The number of hydrogen-bond acceptors (Lipinski definition) is 3. The summed E-state index contributed by atoms with van der Waals surface area (Å²) < 4.78 is 0. The van der Waals surface area contributed by atoms with E-state index in [1.54, 1.807) is 12.1 Å². The molecule has 0 saturated carbocycles. The van der Waals surface area contributed by atoms with Gasteiger partial charge in [0.15, 0.2) is 0 Å². The number of rotatable bonds is 4. The third-order valence-electron chi connectivity index (χ3n) is 3.50. The minimum Gasteiger partial charge on any atom is -0.508 e. The maximum atomic E-state index is 10.1. The average Bonchev–Trinajstić information content (AvgIpc) is 2.40. The normalized spacial score (nSPS) is 18.8. The van der Waals surface area contributed by atoms with E-state index in [9.17, 15) is 5.11 Å². The molecule has 0 spiro atoms. The smallest absolute Gasteiger partial charge is 0.120 e. The quantitative estimate of drug-likeness (QED) is 0.882. The highest BCUT2D eigenvalue weighted by Gasteiger charge is 2.23. The number of phenolic OH excluding ortho intramolecular Hbond substituents is 1. The highest BCUT2D eigenvalue weighted by Crippen LogP contribution is 2.34. The van der Waals surface area contributed by atoms with Gasteiger partial charge < -0.3 is 10.4 Å². The average molecular weight is 269 g/mol. The molecule has 2 N–H and O–H groups in total. The molecule has 1 aliphatic rings. The van der Waals surface area contributed by atoms with Gasteiger partial charge in [-0.05, 0) is 24.6 Å². The molecule has 0 amide bonds. The first-order valence-corrected chi connectivity index (χ1v) is 7.03. The van der Waals surface area contributed by atoms with Gasteiger partial charge in [0.25, 0.3) is 0 Å². The van der Waals surface area contributed by atoms with Crippen molar-refractivity contribution in [1.82, 2.24) is 10.2 Å². The Labute approximate surface area is 114 Å². The third-order valence-corrected chi connectivity index (χ3v) is 3.74. The van der Waals surface area contributed by atoms with Crippen molar-refractivity contribution in [3.8, 4) is 5.75 Å². The van der Waals surface area contributed by atoms with Crippen molar-refractivity contribution in [2.75, 3.05) is 26.2 Å². The lowest BCUT2D eigenvalue weighted by Crippen LogP contribution is -2.45. The zero-order chi connectivity index (χ0) is 13.0. The molecule has 1 aromatic carbocycles. The van der Waals surface area contributed by atoms with Crippen molar-refractivity contribution < 1.29 is 5.11 Å². The van der Waals surface area contributed by atoms with Gasteiger partial charge >= 0.3 is 0 Å². The molecule has 0 aromatic heterocycles. The lowest BCUT2D eigenvalue weighted by molar-refractivity contribution is 0.162. The molecule has 1 atom stereocenters. The fraction of sp³-hybridized carbons (Fsp3) is 0.571. The van der Waals surface area contributed by atoms with Crippen molar-refractivity contribution in [2.24, 2.45) is 0 Å². The number of aromatic hydroxyl groups is 1. The summed E-state index contributed by atoms with van der Waals surface area (Å²) >= 11 is 6.06. The molecule has 0 radical (unpaired) electrons. The van der Waals surface area contributed by atoms with Crippen molar-refractivity contribution >= 4 is 11.6 Å². The van der Waals surface area contributed by atoms with Gasteiger partial charge in [0, 0.05) is 42.8 Å². The van der Waals surface area contributed by atoms with Crippen LogP contribution in [0.25, 0.3) is 0 Å². The van der Waals surface area contributed by atoms with Crippen LogP contribution in [0.1, 0.15) is 31.4 Å². The first-order chi connectivity index (χ1) is 8.72. The summed E-state index contributed by atoms with van der Waals surface area (Å²) in [5, 5.41) is 14.1. The Morgan fingerprint density at radius 2 is 2.11 bits per heavy atom. The Balaban J connectivity index is 2.24. The van der Waals surface area contributed by atoms with Crippen LogP contribution in [-0.4, -0.2) is 36.2 Å². The molecule has 1 saturated heterocycles. The van der Waals surface area contributed by atoms with Crippen molar-refractivity contribution in [3.05, 3.63) is 28.8 Å². The minimum absolute atomic E-state index is 0.274. The number of benzene rings is 1. The summed E-state index contributed by atoms with van der Waals surface area (Å²) in [5.74, 6) is 0.358. The molecule has 0 bridgehead atoms. The molecule has 0 aliphatic carbocycles. The van der Waals surface area contributed by atoms with Crippen LogP contribution in [0.4, 0.5) is 0 Å². The van der Waals surface area contributed by atoms with E-state index in [1.807, 2.05) is 6.07 Å². The van der Waals surface area contributed by atoms with Crippen LogP contribution < -0.4 is 5.32 Å². The van der Waals surface area contributed by atoms with Crippen LogP contribution in [0.15, 0.2) is 18.2 Å². The molecule has 4 heteroatoms. The number of nitrogens with one attached hydrogen (secondary N) is 1. The molecule has 1 aliphatic heterocycles.